The van der Waals surface area contributed by atoms with E-state index in [9.17, 15) is 13.2 Å². The number of sulfonamides is 1. The lowest BCUT2D eigenvalue weighted by Gasteiger charge is -2.38. The van der Waals surface area contributed by atoms with Crippen molar-refractivity contribution in [2.24, 2.45) is 0 Å². The molecule has 2 aromatic rings. The largest absolute Gasteiger partial charge is 0.336 e. The van der Waals surface area contributed by atoms with E-state index < -0.39 is 10.0 Å². The number of carbonyl (C=O) groups excluding carboxylic acids is 1. The summed E-state index contributed by atoms with van der Waals surface area (Å²) in [5.41, 5.74) is 1.56. The molecule has 8 heteroatoms. The molecule has 30 heavy (non-hydrogen) atoms. The maximum absolute atomic E-state index is 12.8. The van der Waals surface area contributed by atoms with Gasteiger partial charge in [0.2, 0.25) is 10.0 Å². The number of hydrogen-bond acceptors (Lipinski definition) is 4. The Labute approximate surface area is 183 Å². The number of carbonyl (C=O) groups is 1. The van der Waals surface area contributed by atoms with Crippen molar-refractivity contribution >= 4 is 27.5 Å². The average molecular weight is 448 g/mol. The summed E-state index contributed by atoms with van der Waals surface area (Å²) in [6.45, 7) is 8.48. The summed E-state index contributed by atoms with van der Waals surface area (Å²) < 4.78 is 26.7. The maximum atomic E-state index is 12.8. The lowest BCUT2D eigenvalue weighted by Crippen LogP contribution is -2.49. The topological polar surface area (TPSA) is 69.7 Å². The third-order valence-electron chi connectivity index (χ3n) is 5.33. The van der Waals surface area contributed by atoms with Crippen LogP contribution >= 0.6 is 11.6 Å². The number of nitrogens with zero attached hydrogens (tertiary/aromatic N) is 2. The fourth-order valence-corrected chi connectivity index (χ4v) is 4.83. The number of nitrogens with one attached hydrogen (secondary N) is 1. The van der Waals surface area contributed by atoms with Crippen LogP contribution in [0.3, 0.4) is 0 Å². The highest BCUT2D eigenvalue weighted by Gasteiger charge is 2.26. The standard InChI is InChI=1S/C22H26ClN3O3S/c1-3-12-24-30(28,29)19-10-8-18(9-11-19)22(27)26-15-13-25(14-16-26)17(2)20-6-4-5-7-21(20)23/h3-11,17,24H,1,12-16H2,2H3. The van der Waals surface area contributed by atoms with Crippen LogP contribution in [0.2, 0.25) is 5.02 Å². The molecule has 6 nitrogen and oxygen atoms in total. The molecule has 1 atom stereocenters. The summed E-state index contributed by atoms with van der Waals surface area (Å²) >= 11 is 6.33. The Balaban J connectivity index is 1.61. The molecule has 1 saturated heterocycles. The first-order valence-electron chi connectivity index (χ1n) is 9.82. The van der Waals surface area contributed by atoms with Gasteiger partial charge in [0, 0.05) is 49.4 Å². The molecule has 1 fully saturated rings. The van der Waals surface area contributed by atoms with E-state index in [0.29, 0.717) is 18.7 Å². The van der Waals surface area contributed by atoms with E-state index in [4.69, 9.17) is 11.6 Å². The van der Waals surface area contributed by atoms with Crippen LogP contribution in [0.4, 0.5) is 0 Å². The highest BCUT2D eigenvalue weighted by molar-refractivity contribution is 7.89. The third-order valence-corrected chi connectivity index (χ3v) is 7.12. The zero-order chi connectivity index (χ0) is 21.7. The molecule has 1 aliphatic rings. The summed E-state index contributed by atoms with van der Waals surface area (Å²) in [6.07, 6.45) is 1.47. The van der Waals surface area contributed by atoms with Gasteiger partial charge in [-0.2, -0.15) is 0 Å². The zero-order valence-corrected chi connectivity index (χ0v) is 18.5. The van der Waals surface area contributed by atoms with E-state index in [1.165, 1.54) is 18.2 Å². The maximum Gasteiger partial charge on any atom is 0.253 e. The van der Waals surface area contributed by atoms with Crippen LogP contribution in [-0.2, 0) is 10.0 Å². The first-order chi connectivity index (χ1) is 14.3. The van der Waals surface area contributed by atoms with Gasteiger partial charge in [-0.15, -0.1) is 6.58 Å². The van der Waals surface area contributed by atoms with Crippen LogP contribution in [0.15, 0.2) is 66.1 Å². The summed E-state index contributed by atoms with van der Waals surface area (Å²) in [4.78, 5) is 17.1. The minimum atomic E-state index is -3.60. The number of hydrogen-bond donors (Lipinski definition) is 1. The fraction of sp³-hybridized carbons (Fsp3) is 0.318. The summed E-state index contributed by atoms with van der Waals surface area (Å²) in [5, 5.41) is 0.751. The normalized spacial score (nSPS) is 16.3. The molecular weight excluding hydrogens is 422 g/mol. The number of amides is 1. The second kappa shape index (κ2) is 9.75. The van der Waals surface area contributed by atoms with Crippen molar-refractivity contribution in [1.29, 1.82) is 0 Å². The Morgan fingerprint density at radius 1 is 1.13 bits per heavy atom. The van der Waals surface area contributed by atoms with Crippen LogP contribution in [0, 0.1) is 0 Å². The molecule has 0 aromatic heterocycles. The van der Waals surface area contributed by atoms with Crippen LogP contribution in [0.5, 0.6) is 0 Å². The van der Waals surface area contributed by atoms with Gasteiger partial charge < -0.3 is 4.90 Å². The molecule has 0 aliphatic carbocycles. The van der Waals surface area contributed by atoms with E-state index in [0.717, 1.165) is 23.7 Å². The quantitative estimate of drug-likeness (QED) is 0.661. The van der Waals surface area contributed by atoms with Crippen LogP contribution < -0.4 is 4.72 Å². The van der Waals surface area contributed by atoms with Crippen molar-refractivity contribution in [2.45, 2.75) is 17.9 Å². The highest BCUT2D eigenvalue weighted by atomic mass is 35.5. The fourth-order valence-electron chi connectivity index (χ4n) is 3.53. The predicted octanol–water partition coefficient (Wildman–Crippen LogP) is 3.32. The number of halogens is 1. The lowest BCUT2D eigenvalue weighted by molar-refractivity contribution is 0.0582. The Morgan fingerprint density at radius 2 is 1.77 bits per heavy atom. The van der Waals surface area contributed by atoms with Crippen molar-refractivity contribution < 1.29 is 13.2 Å². The molecule has 1 unspecified atom stereocenters. The van der Waals surface area contributed by atoms with Gasteiger partial charge in [-0.3, -0.25) is 9.69 Å². The first kappa shape index (κ1) is 22.5. The molecule has 3 rings (SSSR count). The van der Waals surface area contributed by atoms with E-state index in [2.05, 4.69) is 23.1 Å². The molecule has 1 heterocycles. The summed E-state index contributed by atoms with van der Waals surface area (Å²) in [7, 11) is -3.60. The summed E-state index contributed by atoms with van der Waals surface area (Å²) in [5.74, 6) is -0.0944. The molecule has 0 radical (unpaired) electrons. The monoisotopic (exact) mass is 447 g/mol. The molecule has 1 N–H and O–H groups in total. The molecule has 0 bridgehead atoms. The Bertz CT molecular complexity index is 1000. The van der Waals surface area contributed by atoms with E-state index in [1.54, 1.807) is 17.0 Å². The number of piperazine rings is 1. The second-order valence-electron chi connectivity index (χ2n) is 7.19. The molecule has 160 valence electrons. The Kier molecular flexibility index (Phi) is 7.31. The Morgan fingerprint density at radius 3 is 2.37 bits per heavy atom. The van der Waals surface area contributed by atoms with Gasteiger partial charge >= 0.3 is 0 Å². The molecule has 1 aliphatic heterocycles. The molecular formula is C22H26ClN3O3S. The van der Waals surface area contributed by atoms with Gasteiger partial charge in [0.25, 0.3) is 5.91 Å². The van der Waals surface area contributed by atoms with Crippen LogP contribution in [0.25, 0.3) is 0 Å². The van der Waals surface area contributed by atoms with Gasteiger partial charge in [0.1, 0.15) is 0 Å². The van der Waals surface area contributed by atoms with E-state index >= 15 is 0 Å². The zero-order valence-electron chi connectivity index (χ0n) is 16.9. The average Bonchev–Trinajstić information content (AvgIpc) is 2.77. The predicted molar refractivity (Wildman–Crippen MR) is 119 cm³/mol. The van der Waals surface area contributed by atoms with Crippen LogP contribution in [0.1, 0.15) is 28.9 Å². The third kappa shape index (κ3) is 5.10. The van der Waals surface area contributed by atoms with Crippen LogP contribution in [-0.4, -0.2) is 56.8 Å². The van der Waals surface area contributed by atoms with Crippen molar-refractivity contribution in [3.05, 3.63) is 77.3 Å². The Hall–Kier alpha value is -2.19. The molecule has 1 amide bonds. The molecule has 0 saturated carbocycles. The van der Waals surface area contributed by atoms with Crippen molar-refractivity contribution in [1.82, 2.24) is 14.5 Å². The number of rotatable bonds is 7. The van der Waals surface area contributed by atoms with Gasteiger partial charge in [-0.05, 0) is 42.8 Å². The molecule has 0 spiro atoms. The van der Waals surface area contributed by atoms with Gasteiger partial charge in [0.15, 0.2) is 0 Å². The summed E-state index contributed by atoms with van der Waals surface area (Å²) in [6, 6.07) is 14.0. The number of benzene rings is 2. The highest BCUT2D eigenvalue weighted by Crippen LogP contribution is 2.28. The minimum Gasteiger partial charge on any atom is -0.336 e. The van der Waals surface area contributed by atoms with Crippen molar-refractivity contribution in [3.8, 4) is 0 Å². The second-order valence-corrected chi connectivity index (χ2v) is 9.36. The lowest BCUT2D eigenvalue weighted by atomic mass is 10.1. The van der Waals surface area contributed by atoms with E-state index in [-0.39, 0.29) is 23.4 Å². The van der Waals surface area contributed by atoms with Gasteiger partial charge in [-0.25, -0.2) is 13.1 Å². The van der Waals surface area contributed by atoms with E-state index in [1.807, 2.05) is 24.3 Å². The SMILES string of the molecule is C=CCNS(=O)(=O)c1ccc(C(=O)N2CCN(C(C)c3ccccc3Cl)CC2)cc1. The van der Waals surface area contributed by atoms with Crippen molar-refractivity contribution in [2.75, 3.05) is 32.7 Å². The first-order valence-corrected chi connectivity index (χ1v) is 11.7. The van der Waals surface area contributed by atoms with Crippen molar-refractivity contribution in [3.63, 3.8) is 0 Å². The smallest absolute Gasteiger partial charge is 0.253 e. The minimum absolute atomic E-state index is 0.0944. The molecule has 2 aromatic carbocycles. The van der Waals surface area contributed by atoms with Gasteiger partial charge in [0.05, 0.1) is 4.90 Å². The van der Waals surface area contributed by atoms with Gasteiger partial charge in [-0.1, -0.05) is 35.9 Å².